The predicted octanol–water partition coefficient (Wildman–Crippen LogP) is 5.75. The number of likely N-dealkylation sites (tertiary alicyclic amines) is 1. The zero-order valence-electron chi connectivity index (χ0n) is 30.2. The van der Waals surface area contributed by atoms with Crippen molar-refractivity contribution in [2.45, 2.75) is 67.8 Å². The highest BCUT2D eigenvalue weighted by Gasteiger charge is 2.53. The molecule has 19 heteroatoms. The number of hydrogen-bond acceptors (Lipinski definition) is 8. The number of alkyl halides is 5. The lowest BCUT2D eigenvalue weighted by molar-refractivity contribution is -0.165. The largest absolute Gasteiger partial charge is 0.497 e. The fourth-order valence-electron chi connectivity index (χ4n) is 6.07. The van der Waals surface area contributed by atoms with Crippen LogP contribution in [0.1, 0.15) is 53.4 Å². The van der Waals surface area contributed by atoms with Crippen LogP contribution in [0.4, 0.5) is 22.0 Å². The maximum absolute atomic E-state index is 15.0. The van der Waals surface area contributed by atoms with E-state index in [2.05, 4.69) is 10.3 Å². The zero-order chi connectivity index (χ0) is 41.5. The van der Waals surface area contributed by atoms with Crippen molar-refractivity contribution < 1.29 is 50.7 Å². The summed E-state index contributed by atoms with van der Waals surface area (Å²) in [5.41, 5.74) is 6.96. The Bertz CT molecular complexity index is 1940. The molecule has 4 atom stereocenters. The molecule has 4 N–H and O–H groups in total. The Kier molecular flexibility index (Phi) is 14.7. The van der Waals surface area contributed by atoms with Gasteiger partial charge in [0.05, 0.1) is 29.1 Å². The topological polar surface area (TPSA) is 161 Å². The van der Waals surface area contributed by atoms with Gasteiger partial charge in [0.25, 0.3) is 11.8 Å². The average Bonchev–Trinajstić information content (AvgIpc) is 3.59. The smallest absolute Gasteiger partial charge is 0.405 e. The Morgan fingerprint density at radius 3 is 2.25 bits per heavy atom. The van der Waals surface area contributed by atoms with Crippen LogP contribution < -0.4 is 21.1 Å². The van der Waals surface area contributed by atoms with Gasteiger partial charge in [-0.1, -0.05) is 61.3 Å². The maximum atomic E-state index is 15.0. The van der Waals surface area contributed by atoms with Crippen molar-refractivity contribution in [3.05, 3.63) is 93.2 Å². The van der Waals surface area contributed by atoms with Crippen LogP contribution in [0.25, 0.3) is 0 Å². The number of pyridine rings is 1. The van der Waals surface area contributed by atoms with Gasteiger partial charge in [-0.05, 0) is 65.8 Å². The average molecular weight is 847 g/mol. The third-order valence-corrected chi connectivity index (χ3v) is 11.0. The first-order chi connectivity index (χ1) is 26.2. The summed E-state index contributed by atoms with van der Waals surface area (Å²) < 4.78 is 73.3. The molecule has 0 spiro atoms. The number of hydrogen-bond donors (Lipinski definition) is 3. The summed E-state index contributed by atoms with van der Waals surface area (Å²) in [6.07, 6.45) is -3.82. The fraction of sp³-hybridized carbons (Fsp3) is 0.405. The van der Waals surface area contributed by atoms with Crippen molar-refractivity contribution >= 4 is 64.4 Å². The number of methoxy groups -OCH3 is 1. The molecule has 1 fully saturated rings. The highest BCUT2D eigenvalue weighted by atomic mass is 35.5. The van der Waals surface area contributed by atoms with Gasteiger partial charge in [0, 0.05) is 23.7 Å². The summed E-state index contributed by atoms with van der Waals surface area (Å²) >= 11 is 13.8. The van der Waals surface area contributed by atoms with E-state index in [0.29, 0.717) is 17.1 Å². The van der Waals surface area contributed by atoms with Crippen molar-refractivity contribution in [3.8, 4) is 5.75 Å². The Morgan fingerprint density at radius 2 is 1.66 bits per heavy atom. The third kappa shape index (κ3) is 11.1. The Balaban J connectivity index is 1.70. The van der Waals surface area contributed by atoms with E-state index in [0.717, 1.165) is 10.9 Å². The van der Waals surface area contributed by atoms with Crippen LogP contribution in [0.3, 0.4) is 0 Å². The summed E-state index contributed by atoms with van der Waals surface area (Å²) in [5.74, 6) is -13.4. The van der Waals surface area contributed by atoms with Crippen molar-refractivity contribution in [1.82, 2.24) is 20.5 Å². The number of Topliss-reactive ketones (excluding diaryl/α,β-unsaturated/α-hetero) is 1. The van der Waals surface area contributed by atoms with E-state index >= 15 is 8.78 Å². The molecule has 56 heavy (non-hydrogen) atoms. The molecule has 11 nitrogen and oxygen atoms in total. The molecule has 0 unspecified atom stereocenters. The van der Waals surface area contributed by atoms with Crippen LogP contribution in [-0.4, -0.2) is 88.9 Å². The van der Waals surface area contributed by atoms with Crippen LogP contribution in [0, 0.1) is 5.92 Å². The van der Waals surface area contributed by atoms with Gasteiger partial charge in [-0.3, -0.25) is 29.0 Å². The van der Waals surface area contributed by atoms with E-state index in [4.69, 9.17) is 33.7 Å². The number of benzene rings is 2. The van der Waals surface area contributed by atoms with Crippen LogP contribution in [-0.2, 0) is 31.4 Å². The van der Waals surface area contributed by atoms with E-state index in [-0.39, 0.29) is 40.7 Å². The van der Waals surface area contributed by atoms with Crippen LogP contribution in [0.15, 0.2) is 60.8 Å². The normalized spacial score (nSPS) is 16.9. The summed E-state index contributed by atoms with van der Waals surface area (Å²) in [4.78, 5) is 71.9. The number of halogens is 7. The van der Waals surface area contributed by atoms with Crippen LogP contribution in [0.2, 0.25) is 10.0 Å². The molecule has 1 saturated heterocycles. The predicted molar refractivity (Wildman–Crippen MR) is 200 cm³/mol. The molecule has 0 aliphatic carbocycles. The van der Waals surface area contributed by atoms with Gasteiger partial charge in [-0.2, -0.15) is 33.7 Å². The van der Waals surface area contributed by atoms with Gasteiger partial charge < -0.3 is 26.0 Å². The van der Waals surface area contributed by atoms with Gasteiger partial charge >= 0.3 is 12.1 Å². The monoisotopic (exact) mass is 845 g/mol. The number of aromatic nitrogens is 1. The quantitative estimate of drug-likeness (QED) is 0.121. The van der Waals surface area contributed by atoms with Crippen molar-refractivity contribution in [3.63, 3.8) is 0 Å². The number of carbonyl (C=O) groups is 5. The summed E-state index contributed by atoms with van der Waals surface area (Å²) in [6.45, 7) is 0.426. The maximum Gasteiger partial charge on any atom is 0.405 e. The molecule has 1 aliphatic heterocycles. The number of carbonyl (C=O) groups excluding carboxylic acids is 5. The molecule has 2 aromatic carbocycles. The summed E-state index contributed by atoms with van der Waals surface area (Å²) in [7, 11) is 1.52. The number of nitrogens with zero attached hydrogens (tertiary/aromatic N) is 2. The number of primary amides is 1. The number of rotatable bonds is 16. The molecular weight excluding hydrogens is 808 g/mol. The van der Waals surface area contributed by atoms with Crippen molar-refractivity contribution in [1.29, 1.82) is 0 Å². The first-order valence-corrected chi connectivity index (χ1v) is 18.8. The molecule has 1 aliphatic rings. The highest BCUT2D eigenvalue weighted by molar-refractivity contribution is 7.99. The van der Waals surface area contributed by atoms with Gasteiger partial charge in [-0.25, -0.2) is 0 Å². The number of amides is 4. The molecule has 1 aromatic heterocycles. The lowest BCUT2D eigenvalue weighted by Gasteiger charge is -2.31. The van der Waals surface area contributed by atoms with E-state index in [9.17, 15) is 37.1 Å². The molecular formula is C37H38Cl2F5N5O6S. The van der Waals surface area contributed by atoms with Crippen molar-refractivity contribution in [2.24, 2.45) is 11.7 Å². The number of nitrogens with one attached hydrogen (secondary N) is 2. The van der Waals surface area contributed by atoms with E-state index in [1.165, 1.54) is 68.1 Å². The molecule has 0 bridgehead atoms. The lowest BCUT2D eigenvalue weighted by Crippen LogP contribution is -2.59. The van der Waals surface area contributed by atoms with E-state index in [1.807, 2.05) is 12.1 Å². The number of ketones is 1. The van der Waals surface area contributed by atoms with E-state index in [1.54, 1.807) is 18.2 Å². The molecule has 4 rings (SSSR count). The number of nitrogens with two attached hydrogens (primary N) is 1. The molecule has 302 valence electrons. The van der Waals surface area contributed by atoms with Gasteiger partial charge in [0.15, 0.2) is 0 Å². The zero-order valence-corrected chi connectivity index (χ0v) is 32.5. The highest BCUT2D eigenvalue weighted by Crippen LogP contribution is 2.36. The minimum absolute atomic E-state index is 0.0188. The molecule has 0 saturated carbocycles. The fourth-order valence-corrected chi connectivity index (χ4v) is 7.59. The minimum Gasteiger partial charge on any atom is -0.497 e. The second kappa shape index (κ2) is 18.6. The summed E-state index contributed by atoms with van der Waals surface area (Å²) in [5, 5.41) is 3.26. The summed E-state index contributed by atoms with van der Waals surface area (Å²) in [6, 6.07) is 11.4. The molecule has 0 radical (unpaired) electrons. The lowest BCUT2D eigenvalue weighted by atomic mass is 9.89. The second-order valence-electron chi connectivity index (χ2n) is 13.3. The molecule has 4 amide bonds. The minimum atomic E-state index is -5.04. The van der Waals surface area contributed by atoms with Gasteiger partial charge in [0.2, 0.25) is 17.6 Å². The Hall–Kier alpha value is -4.48. The van der Waals surface area contributed by atoms with Crippen LogP contribution in [0.5, 0.6) is 5.75 Å². The number of thioether (sulfide) groups is 1. The second-order valence-corrected chi connectivity index (χ2v) is 15.4. The van der Waals surface area contributed by atoms with Gasteiger partial charge in [0.1, 0.15) is 24.0 Å². The van der Waals surface area contributed by atoms with Gasteiger partial charge in [-0.15, -0.1) is 0 Å². The molecule has 2 heterocycles. The van der Waals surface area contributed by atoms with Crippen LogP contribution >= 0.6 is 35.0 Å². The van der Waals surface area contributed by atoms with E-state index < -0.39 is 77.2 Å². The first-order valence-electron chi connectivity index (χ1n) is 17.0. The third-order valence-electron chi connectivity index (χ3n) is 8.95. The van der Waals surface area contributed by atoms with Crippen molar-refractivity contribution in [2.75, 3.05) is 20.2 Å². The SMILES string of the molecule is COc1ccc(CS[C@@H]2C[C@@H](C(=O)N[C@H](C(=O)C(F)(F)C(=O)NCC(F)(F)F)C(C)C)N(C(=O)[C@@H](Cc3ccc(Cl)c(Cl)c3)c3cccnc3C(N)=O)C2)cc1. The Labute approximate surface area is 333 Å². The number of ether oxygens (including phenoxy) is 1. The molecule has 3 aromatic rings. The standard InChI is InChI=1S/C37H38Cl2F5N5O6S/c1-19(2)29(31(50)37(43,44)35(54)47-18-36(40,41)42)48-33(52)28-15-23(56-17-20-6-9-22(55-3)10-7-20)16-49(28)34(53)25(13-21-8-11-26(38)27(39)14-21)24-5-4-12-46-30(24)32(45)51/h4-12,14,19,23,25,28-29H,13,15-18H2,1-3H3,(H2,45,51)(H,47,54)(H,48,52)/t23-,25+,28+,29+/m1/s1. The Morgan fingerprint density at radius 1 is 1.00 bits per heavy atom. The first kappa shape index (κ1) is 44.2.